The zero-order valence-electron chi connectivity index (χ0n) is 20.1. The molecule has 3 aromatic carbocycles. The van der Waals surface area contributed by atoms with Crippen molar-refractivity contribution in [3.63, 3.8) is 0 Å². The number of fused-ring (bicyclic) bond motifs is 1. The molecular weight excluding hydrogens is 436 g/mol. The number of ether oxygens (including phenoxy) is 1. The second-order valence-electron chi connectivity index (χ2n) is 8.78. The van der Waals surface area contributed by atoms with Crippen molar-refractivity contribution in [3.05, 3.63) is 108 Å². The molecule has 0 radical (unpaired) electrons. The second-order valence-corrected chi connectivity index (χ2v) is 8.78. The van der Waals surface area contributed by atoms with Crippen LogP contribution in [0.2, 0.25) is 0 Å². The third-order valence-corrected chi connectivity index (χ3v) is 6.36. The van der Waals surface area contributed by atoms with Gasteiger partial charge in [0.25, 0.3) is 5.91 Å². The lowest BCUT2D eigenvalue weighted by atomic mass is 10.0. The highest BCUT2D eigenvalue weighted by Gasteiger charge is 2.23. The zero-order chi connectivity index (χ0) is 24.4. The highest BCUT2D eigenvalue weighted by molar-refractivity contribution is 5.98. The monoisotopic (exact) mass is 464 g/mol. The maximum Gasteiger partial charge on any atom is 0.268 e. The minimum absolute atomic E-state index is 0.167. The van der Waals surface area contributed by atoms with Crippen molar-refractivity contribution in [2.45, 2.75) is 19.4 Å². The lowest BCUT2D eigenvalue weighted by Crippen LogP contribution is -2.32. The summed E-state index contributed by atoms with van der Waals surface area (Å²) in [6.07, 6.45) is 2.46. The number of aromatic amines is 1. The second kappa shape index (κ2) is 9.50. The van der Waals surface area contributed by atoms with Gasteiger partial charge in [-0.05, 0) is 48.7 Å². The van der Waals surface area contributed by atoms with E-state index in [0.29, 0.717) is 12.1 Å². The number of carbonyl (C=O) groups excluding carboxylic acids is 1. The van der Waals surface area contributed by atoms with E-state index < -0.39 is 0 Å². The van der Waals surface area contributed by atoms with E-state index in [2.05, 4.69) is 46.1 Å². The van der Waals surface area contributed by atoms with Crippen LogP contribution in [-0.2, 0) is 13.5 Å². The number of rotatable bonds is 7. The van der Waals surface area contributed by atoms with Crippen molar-refractivity contribution in [1.82, 2.24) is 19.9 Å². The number of imidazole rings is 1. The summed E-state index contributed by atoms with van der Waals surface area (Å²) in [5, 5.41) is 4.22. The molecule has 176 valence electrons. The van der Waals surface area contributed by atoms with Gasteiger partial charge in [0.1, 0.15) is 17.3 Å². The molecule has 0 aliphatic heterocycles. The van der Waals surface area contributed by atoms with Gasteiger partial charge in [-0.2, -0.15) is 0 Å². The van der Waals surface area contributed by atoms with E-state index in [4.69, 9.17) is 9.72 Å². The predicted octanol–water partition coefficient (Wildman–Crippen LogP) is 5.60. The van der Waals surface area contributed by atoms with E-state index >= 15 is 0 Å². The molecule has 0 aliphatic carbocycles. The van der Waals surface area contributed by atoms with Gasteiger partial charge in [-0.3, -0.25) is 4.79 Å². The molecule has 5 aromatic rings. The smallest absolute Gasteiger partial charge is 0.268 e. The van der Waals surface area contributed by atoms with Crippen LogP contribution in [0.25, 0.3) is 22.2 Å². The summed E-state index contributed by atoms with van der Waals surface area (Å²) in [4.78, 5) is 21.3. The van der Waals surface area contributed by atoms with Crippen molar-refractivity contribution in [1.29, 1.82) is 0 Å². The van der Waals surface area contributed by atoms with Crippen molar-refractivity contribution in [2.75, 3.05) is 7.11 Å². The summed E-state index contributed by atoms with van der Waals surface area (Å²) in [5.74, 6) is 1.42. The van der Waals surface area contributed by atoms with E-state index in [9.17, 15) is 4.79 Å². The summed E-state index contributed by atoms with van der Waals surface area (Å²) in [6.45, 7) is 2.07. The fourth-order valence-electron chi connectivity index (χ4n) is 4.38. The summed E-state index contributed by atoms with van der Waals surface area (Å²) in [5.41, 5.74) is 5.83. The number of aryl methyl sites for hydroxylation is 1. The largest absolute Gasteiger partial charge is 0.497 e. The van der Waals surface area contributed by atoms with Crippen molar-refractivity contribution in [2.24, 2.45) is 7.05 Å². The van der Waals surface area contributed by atoms with Gasteiger partial charge in [0, 0.05) is 18.0 Å². The summed E-state index contributed by atoms with van der Waals surface area (Å²) < 4.78 is 7.36. The van der Waals surface area contributed by atoms with Crippen molar-refractivity contribution >= 4 is 16.8 Å². The van der Waals surface area contributed by atoms with E-state index in [1.54, 1.807) is 7.11 Å². The number of nitrogens with zero attached hydrogens (tertiary/aromatic N) is 2. The number of para-hydroxylation sites is 1. The van der Waals surface area contributed by atoms with E-state index in [1.165, 1.54) is 5.56 Å². The van der Waals surface area contributed by atoms with Crippen LogP contribution >= 0.6 is 0 Å². The van der Waals surface area contributed by atoms with Gasteiger partial charge in [-0.15, -0.1) is 0 Å². The SMILES string of the molecule is COc1ccc(C[C@H](NC(=O)c2cc3ccccc3[nH]2)c2ncc(-c3ccc(C)cc3)n2C)cc1. The highest BCUT2D eigenvalue weighted by Crippen LogP contribution is 2.26. The lowest BCUT2D eigenvalue weighted by molar-refractivity contribution is 0.0930. The molecule has 6 heteroatoms. The Morgan fingerprint density at radius 3 is 2.51 bits per heavy atom. The molecular formula is C29H28N4O2. The van der Waals surface area contributed by atoms with E-state index in [-0.39, 0.29) is 11.9 Å². The molecule has 0 saturated carbocycles. The first-order valence-electron chi connectivity index (χ1n) is 11.6. The van der Waals surface area contributed by atoms with Crippen LogP contribution in [0.15, 0.2) is 85.1 Å². The Kier molecular flexibility index (Phi) is 6.10. The average molecular weight is 465 g/mol. The highest BCUT2D eigenvalue weighted by atomic mass is 16.5. The van der Waals surface area contributed by atoms with E-state index in [1.807, 2.05) is 67.8 Å². The molecule has 0 unspecified atom stereocenters. The third-order valence-electron chi connectivity index (χ3n) is 6.36. The Hall–Kier alpha value is -4.32. The molecule has 0 saturated heterocycles. The molecule has 2 N–H and O–H groups in total. The van der Waals surface area contributed by atoms with Crippen LogP contribution in [-0.4, -0.2) is 27.6 Å². The summed E-state index contributed by atoms with van der Waals surface area (Å²) in [7, 11) is 3.65. The Morgan fingerprint density at radius 1 is 1.06 bits per heavy atom. The van der Waals surface area contributed by atoms with Gasteiger partial charge in [0.05, 0.1) is 25.0 Å². The Bertz CT molecular complexity index is 1430. The Balaban J connectivity index is 1.48. The molecule has 5 rings (SSSR count). The molecule has 0 bridgehead atoms. The number of nitrogens with one attached hydrogen (secondary N) is 2. The van der Waals surface area contributed by atoms with Gasteiger partial charge in [-0.25, -0.2) is 4.98 Å². The normalized spacial score (nSPS) is 12.0. The number of benzene rings is 3. The number of aromatic nitrogens is 3. The fourth-order valence-corrected chi connectivity index (χ4v) is 4.38. The van der Waals surface area contributed by atoms with Crippen molar-refractivity contribution in [3.8, 4) is 17.0 Å². The standard InChI is InChI=1S/C29H28N4O2/c1-19-8-12-21(13-9-19)27-18-30-28(33(27)2)25(16-20-10-14-23(35-3)15-11-20)32-29(34)26-17-22-6-4-5-7-24(22)31-26/h4-15,17-18,25,31H,16H2,1-3H3,(H,32,34)/t25-/m0/s1. The minimum Gasteiger partial charge on any atom is -0.497 e. The molecule has 1 atom stereocenters. The molecule has 2 heterocycles. The number of methoxy groups -OCH3 is 1. The van der Waals surface area contributed by atoms with Crippen LogP contribution < -0.4 is 10.1 Å². The van der Waals surface area contributed by atoms with Gasteiger partial charge in [-0.1, -0.05) is 60.2 Å². The average Bonchev–Trinajstić information content (AvgIpc) is 3.48. The van der Waals surface area contributed by atoms with E-state index in [0.717, 1.165) is 39.3 Å². The van der Waals surface area contributed by atoms with Crippen LogP contribution in [0.1, 0.15) is 33.5 Å². The number of H-pyrrole nitrogens is 1. The molecule has 0 spiro atoms. The quantitative estimate of drug-likeness (QED) is 0.329. The molecule has 6 nitrogen and oxygen atoms in total. The maximum absolute atomic E-state index is 13.3. The molecule has 35 heavy (non-hydrogen) atoms. The number of hydrogen-bond donors (Lipinski definition) is 2. The number of carbonyl (C=O) groups is 1. The number of hydrogen-bond acceptors (Lipinski definition) is 3. The lowest BCUT2D eigenvalue weighted by Gasteiger charge is -2.19. The molecule has 0 aliphatic rings. The minimum atomic E-state index is -0.327. The number of amides is 1. The molecule has 1 amide bonds. The summed E-state index contributed by atoms with van der Waals surface area (Å²) in [6, 6.07) is 25.7. The van der Waals surface area contributed by atoms with Crippen LogP contribution in [0.3, 0.4) is 0 Å². The van der Waals surface area contributed by atoms with Gasteiger partial charge < -0.3 is 19.6 Å². The third kappa shape index (κ3) is 4.68. The first kappa shape index (κ1) is 22.5. The van der Waals surface area contributed by atoms with Gasteiger partial charge in [0.15, 0.2) is 0 Å². The summed E-state index contributed by atoms with van der Waals surface area (Å²) >= 11 is 0. The van der Waals surface area contributed by atoms with Crippen LogP contribution in [0.4, 0.5) is 0 Å². The van der Waals surface area contributed by atoms with Gasteiger partial charge >= 0.3 is 0 Å². The molecule has 0 fully saturated rings. The zero-order valence-corrected chi connectivity index (χ0v) is 20.1. The van der Waals surface area contributed by atoms with Crippen molar-refractivity contribution < 1.29 is 9.53 Å². The Morgan fingerprint density at radius 2 is 1.80 bits per heavy atom. The fraction of sp³-hybridized carbons (Fsp3) is 0.172. The molecule has 2 aromatic heterocycles. The first-order chi connectivity index (χ1) is 17.0. The predicted molar refractivity (Wildman–Crippen MR) is 139 cm³/mol. The maximum atomic E-state index is 13.3. The van der Waals surface area contributed by atoms with Gasteiger partial charge in [0.2, 0.25) is 0 Å². The Labute approximate surface area is 204 Å². The van der Waals surface area contributed by atoms with Crippen LogP contribution in [0, 0.1) is 6.92 Å². The first-order valence-corrected chi connectivity index (χ1v) is 11.6. The topological polar surface area (TPSA) is 71.9 Å². The van der Waals surface area contributed by atoms with Crippen LogP contribution in [0.5, 0.6) is 5.75 Å².